The van der Waals surface area contributed by atoms with Crippen molar-refractivity contribution in [2.45, 2.75) is 45.9 Å². The molecule has 1 saturated carbocycles. The van der Waals surface area contributed by atoms with Gasteiger partial charge in [0.1, 0.15) is 6.10 Å². The van der Waals surface area contributed by atoms with Gasteiger partial charge < -0.3 is 5.21 Å². The molecule has 0 bridgehead atoms. The first-order chi connectivity index (χ1) is 6.44. The second-order valence-corrected chi connectivity index (χ2v) is 4.73. The Hall–Kier alpha value is -0.160. The van der Waals surface area contributed by atoms with Crippen LogP contribution in [0.2, 0.25) is 0 Å². The number of rotatable bonds is 5. The fourth-order valence-electron chi connectivity index (χ4n) is 2.04. The number of quaternary nitrogens is 1. The van der Waals surface area contributed by atoms with Gasteiger partial charge in [-0.05, 0) is 26.8 Å². The molecule has 1 aliphatic carbocycles. The third-order valence-corrected chi connectivity index (χ3v) is 2.97. The zero-order valence-corrected chi connectivity index (χ0v) is 9.76. The molecule has 14 heavy (non-hydrogen) atoms. The van der Waals surface area contributed by atoms with Crippen LogP contribution in [0.1, 0.15) is 34.1 Å². The predicted octanol–water partition coefficient (Wildman–Crippen LogP) is 0.301. The van der Waals surface area contributed by atoms with Crippen molar-refractivity contribution in [2.24, 2.45) is 11.8 Å². The molecule has 0 aliphatic heterocycles. The molecule has 0 saturated heterocycles. The van der Waals surface area contributed by atoms with Gasteiger partial charge in [0.05, 0.1) is 0 Å². The standard InChI is InChI=1S/C10H22N2O2/c1-7(2)9-6-10(9,11-5)12(13)14-8(3)4/h7-9,11-12H,6H2,1-5H3. The van der Waals surface area contributed by atoms with E-state index >= 15 is 0 Å². The van der Waals surface area contributed by atoms with Crippen LogP contribution in [0.3, 0.4) is 0 Å². The number of hydroxylamine groups is 2. The van der Waals surface area contributed by atoms with Gasteiger partial charge in [-0.3, -0.25) is 5.32 Å². The Balaban J connectivity index is 2.56. The van der Waals surface area contributed by atoms with Gasteiger partial charge in [-0.25, -0.2) is 5.23 Å². The van der Waals surface area contributed by atoms with E-state index in [1.807, 2.05) is 20.9 Å². The lowest BCUT2D eigenvalue weighted by Crippen LogP contribution is -3.15. The summed E-state index contributed by atoms with van der Waals surface area (Å²) in [6.45, 7) is 8.06. The summed E-state index contributed by atoms with van der Waals surface area (Å²) in [5.41, 5.74) is -0.390. The van der Waals surface area contributed by atoms with Gasteiger partial charge in [-0.2, -0.15) is 4.84 Å². The minimum Gasteiger partial charge on any atom is -0.598 e. The van der Waals surface area contributed by atoms with E-state index in [9.17, 15) is 5.21 Å². The zero-order valence-electron chi connectivity index (χ0n) is 9.76. The van der Waals surface area contributed by atoms with E-state index < -0.39 is 5.66 Å². The van der Waals surface area contributed by atoms with E-state index in [4.69, 9.17) is 4.84 Å². The average molecular weight is 202 g/mol. The van der Waals surface area contributed by atoms with Crippen molar-refractivity contribution in [3.8, 4) is 0 Å². The summed E-state index contributed by atoms with van der Waals surface area (Å²) in [6, 6.07) is 0. The summed E-state index contributed by atoms with van der Waals surface area (Å²) in [7, 11) is 1.84. The predicted molar refractivity (Wildman–Crippen MR) is 55.3 cm³/mol. The summed E-state index contributed by atoms with van der Waals surface area (Å²) < 4.78 is 0. The highest BCUT2D eigenvalue weighted by atomic mass is 16.9. The molecule has 0 radical (unpaired) electrons. The summed E-state index contributed by atoms with van der Waals surface area (Å²) >= 11 is 0. The molecule has 3 atom stereocenters. The fourth-order valence-corrected chi connectivity index (χ4v) is 2.04. The minimum absolute atomic E-state index is 0.0267. The van der Waals surface area contributed by atoms with Crippen molar-refractivity contribution in [3.63, 3.8) is 0 Å². The molecular formula is C10H22N2O2. The first-order valence-electron chi connectivity index (χ1n) is 5.34. The second-order valence-electron chi connectivity index (χ2n) is 4.73. The number of hydrogen-bond acceptors (Lipinski definition) is 3. The molecular weight excluding hydrogens is 180 g/mol. The van der Waals surface area contributed by atoms with Crippen molar-refractivity contribution in [2.75, 3.05) is 7.05 Å². The van der Waals surface area contributed by atoms with Crippen molar-refractivity contribution in [1.29, 1.82) is 0 Å². The van der Waals surface area contributed by atoms with E-state index in [0.29, 0.717) is 11.8 Å². The third-order valence-electron chi connectivity index (χ3n) is 2.97. The lowest BCUT2D eigenvalue weighted by atomic mass is 10.1. The van der Waals surface area contributed by atoms with E-state index in [1.54, 1.807) is 0 Å². The van der Waals surface area contributed by atoms with Crippen LogP contribution < -0.4 is 10.5 Å². The highest BCUT2D eigenvalue weighted by Gasteiger charge is 2.62. The van der Waals surface area contributed by atoms with Crippen LogP contribution in [-0.4, -0.2) is 18.8 Å². The van der Waals surface area contributed by atoms with Crippen LogP contribution in [0.5, 0.6) is 0 Å². The van der Waals surface area contributed by atoms with E-state index in [0.717, 1.165) is 6.42 Å². The number of nitrogens with one attached hydrogen (secondary N) is 2. The Kier molecular flexibility index (Phi) is 3.53. The Morgan fingerprint density at radius 1 is 1.43 bits per heavy atom. The van der Waals surface area contributed by atoms with Crippen LogP contribution in [0.15, 0.2) is 0 Å². The largest absolute Gasteiger partial charge is 0.598 e. The lowest BCUT2D eigenvalue weighted by molar-refractivity contribution is -1.09. The maximum atomic E-state index is 11.8. The lowest BCUT2D eigenvalue weighted by Gasteiger charge is -2.31. The fraction of sp³-hybridized carbons (Fsp3) is 1.00. The van der Waals surface area contributed by atoms with Gasteiger partial charge in [0, 0.05) is 12.3 Å². The average Bonchev–Trinajstić information content (AvgIpc) is 2.78. The summed E-state index contributed by atoms with van der Waals surface area (Å²) in [6.07, 6.45) is 0.883. The third kappa shape index (κ3) is 2.08. The van der Waals surface area contributed by atoms with E-state index in [2.05, 4.69) is 19.2 Å². The van der Waals surface area contributed by atoms with Crippen molar-refractivity contribution < 1.29 is 10.1 Å². The van der Waals surface area contributed by atoms with E-state index in [-0.39, 0.29) is 11.3 Å². The molecule has 2 N–H and O–H groups in total. The molecule has 0 heterocycles. The van der Waals surface area contributed by atoms with Crippen LogP contribution in [0.4, 0.5) is 0 Å². The van der Waals surface area contributed by atoms with Gasteiger partial charge in [-0.1, -0.05) is 13.8 Å². The number of hydrogen-bond donors (Lipinski definition) is 2. The zero-order chi connectivity index (χ0) is 10.9. The van der Waals surface area contributed by atoms with Gasteiger partial charge >= 0.3 is 0 Å². The van der Waals surface area contributed by atoms with Crippen LogP contribution in [0.25, 0.3) is 0 Å². The molecule has 3 unspecified atom stereocenters. The van der Waals surface area contributed by atoms with Gasteiger partial charge in [0.15, 0.2) is 5.66 Å². The Labute approximate surface area is 86.1 Å². The smallest absolute Gasteiger partial charge is 0.184 e. The first kappa shape index (κ1) is 11.9. The molecule has 0 spiro atoms. The first-order valence-corrected chi connectivity index (χ1v) is 5.34. The molecule has 0 aromatic heterocycles. The Morgan fingerprint density at radius 2 is 2.00 bits per heavy atom. The highest BCUT2D eigenvalue weighted by molar-refractivity contribution is 5.01. The molecule has 0 aromatic carbocycles. The molecule has 84 valence electrons. The van der Waals surface area contributed by atoms with Crippen LogP contribution >= 0.6 is 0 Å². The summed E-state index contributed by atoms with van der Waals surface area (Å²) in [4.78, 5) is 5.25. The summed E-state index contributed by atoms with van der Waals surface area (Å²) in [5.74, 6) is 0.959. The topological polar surface area (TPSA) is 48.8 Å². The van der Waals surface area contributed by atoms with Crippen molar-refractivity contribution >= 4 is 0 Å². The van der Waals surface area contributed by atoms with Crippen molar-refractivity contribution in [3.05, 3.63) is 5.21 Å². The second kappa shape index (κ2) is 4.14. The normalized spacial score (nSPS) is 33.9. The summed E-state index contributed by atoms with van der Waals surface area (Å²) in [5, 5.41) is 14.8. The molecule has 1 rings (SSSR count). The molecule has 0 amide bonds. The van der Waals surface area contributed by atoms with Crippen LogP contribution in [-0.2, 0) is 4.84 Å². The quantitative estimate of drug-likeness (QED) is 0.498. The molecule has 0 aromatic rings. The Bertz CT molecular complexity index is 197. The highest BCUT2D eigenvalue weighted by Crippen LogP contribution is 2.43. The monoisotopic (exact) mass is 202 g/mol. The SMILES string of the molecule is CNC1([NH+]([O-])OC(C)C)CC1C(C)C. The van der Waals surface area contributed by atoms with E-state index in [1.165, 1.54) is 0 Å². The Morgan fingerprint density at radius 3 is 2.29 bits per heavy atom. The maximum Gasteiger partial charge on any atom is 0.184 e. The van der Waals surface area contributed by atoms with Crippen LogP contribution in [0, 0.1) is 17.0 Å². The molecule has 1 fully saturated rings. The molecule has 4 nitrogen and oxygen atoms in total. The van der Waals surface area contributed by atoms with Gasteiger partial charge in [-0.15, -0.1) is 0 Å². The minimum atomic E-state index is -0.390. The van der Waals surface area contributed by atoms with Gasteiger partial charge in [0.25, 0.3) is 0 Å². The van der Waals surface area contributed by atoms with Crippen molar-refractivity contribution in [1.82, 2.24) is 5.32 Å². The maximum absolute atomic E-state index is 11.8. The molecule has 1 aliphatic rings. The van der Waals surface area contributed by atoms with Gasteiger partial charge in [0.2, 0.25) is 0 Å². The molecule has 4 heteroatoms.